The monoisotopic (exact) mass is 402 g/mol. The maximum absolute atomic E-state index is 12.6. The fourth-order valence-electron chi connectivity index (χ4n) is 3.91. The lowest BCUT2D eigenvalue weighted by Gasteiger charge is -2.21. The van der Waals surface area contributed by atoms with Gasteiger partial charge in [0, 0.05) is 35.5 Å². The third-order valence-electron chi connectivity index (χ3n) is 5.41. The largest absolute Gasteiger partial charge is 0.352 e. The van der Waals surface area contributed by atoms with E-state index in [-0.39, 0.29) is 17.7 Å². The molecule has 2 aromatic rings. The number of fused-ring (bicyclic) bond motifs is 1. The minimum Gasteiger partial charge on any atom is -0.352 e. The number of carbonyl (C=O) groups excluding carboxylic acids is 2. The van der Waals surface area contributed by atoms with Gasteiger partial charge in [-0.3, -0.25) is 9.59 Å². The second-order valence-corrected chi connectivity index (χ2v) is 8.92. The van der Waals surface area contributed by atoms with Crippen LogP contribution in [0.2, 0.25) is 5.02 Å². The van der Waals surface area contributed by atoms with E-state index in [4.69, 9.17) is 11.6 Å². The molecule has 6 heteroatoms. The minimum atomic E-state index is -0.0268. The van der Waals surface area contributed by atoms with Crippen LogP contribution in [0.5, 0.6) is 0 Å². The van der Waals surface area contributed by atoms with Crippen LogP contribution in [-0.4, -0.2) is 29.8 Å². The van der Waals surface area contributed by atoms with Crippen LogP contribution >= 0.6 is 22.9 Å². The summed E-state index contributed by atoms with van der Waals surface area (Å²) in [4.78, 5) is 29.3. The second kappa shape index (κ2) is 8.03. The van der Waals surface area contributed by atoms with Gasteiger partial charge in [0.1, 0.15) is 0 Å². The predicted octanol–water partition coefficient (Wildman–Crippen LogP) is 4.06. The van der Waals surface area contributed by atoms with Crippen LogP contribution in [0.1, 0.15) is 44.9 Å². The lowest BCUT2D eigenvalue weighted by atomic mass is 9.87. The fourth-order valence-corrected chi connectivity index (χ4v) is 5.30. The van der Waals surface area contributed by atoms with E-state index >= 15 is 0 Å². The Balaban J connectivity index is 1.37. The second-order valence-electron chi connectivity index (χ2n) is 7.35. The van der Waals surface area contributed by atoms with Gasteiger partial charge in [0.2, 0.25) is 5.91 Å². The van der Waals surface area contributed by atoms with Crippen LogP contribution in [-0.2, 0) is 24.2 Å². The summed E-state index contributed by atoms with van der Waals surface area (Å²) in [6.07, 6.45) is 4.65. The average Bonchev–Trinajstić information content (AvgIpc) is 3.34. The molecule has 27 heavy (non-hydrogen) atoms. The summed E-state index contributed by atoms with van der Waals surface area (Å²) in [5.41, 5.74) is 2.18. The van der Waals surface area contributed by atoms with Gasteiger partial charge in [-0.25, -0.2) is 0 Å². The number of hydrogen-bond acceptors (Lipinski definition) is 3. The normalized spacial score (nSPS) is 19.0. The van der Waals surface area contributed by atoms with Gasteiger partial charge < -0.3 is 10.2 Å². The molecule has 0 bridgehead atoms. The Labute approximate surface area is 168 Å². The third kappa shape index (κ3) is 4.19. The van der Waals surface area contributed by atoms with Gasteiger partial charge in [0.05, 0.1) is 4.88 Å². The average molecular weight is 403 g/mol. The topological polar surface area (TPSA) is 49.4 Å². The molecule has 1 aliphatic heterocycles. The van der Waals surface area contributed by atoms with E-state index in [1.54, 1.807) is 11.3 Å². The first-order chi connectivity index (χ1) is 13.1. The number of hydrogen-bond donors (Lipinski definition) is 1. The maximum atomic E-state index is 12.6. The SMILES string of the molecule is O=C(NCc1cccc(Cl)c1)[C@H]1CCc2sc(C(=O)N3CCCC3)cc2C1. The number of benzene rings is 1. The van der Waals surface area contributed by atoms with Crippen LogP contribution in [0, 0.1) is 5.92 Å². The summed E-state index contributed by atoms with van der Waals surface area (Å²) < 4.78 is 0. The highest BCUT2D eigenvalue weighted by molar-refractivity contribution is 7.14. The number of nitrogens with zero attached hydrogens (tertiary/aromatic N) is 1. The molecule has 2 amide bonds. The predicted molar refractivity (Wildman–Crippen MR) is 108 cm³/mol. The molecule has 1 aliphatic carbocycles. The number of likely N-dealkylation sites (tertiary alicyclic amines) is 1. The van der Waals surface area contributed by atoms with Gasteiger partial charge >= 0.3 is 0 Å². The molecule has 0 unspecified atom stereocenters. The Kier molecular flexibility index (Phi) is 5.50. The molecule has 1 fully saturated rings. The molecule has 1 N–H and O–H groups in total. The number of amides is 2. The highest BCUT2D eigenvalue weighted by Gasteiger charge is 2.29. The molecule has 0 saturated carbocycles. The first-order valence-electron chi connectivity index (χ1n) is 9.53. The zero-order valence-electron chi connectivity index (χ0n) is 15.2. The highest BCUT2D eigenvalue weighted by atomic mass is 35.5. The van der Waals surface area contributed by atoms with E-state index in [1.807, 2.05) is 35.2 Å². The van der Waals surface area contributed by atoms with Crippen molar-refractivity contribution >= 4 is 34.8 Å². The van der Waals surface area contributed by atoms with Gasteiger partial charge in [-0.1, -0.05) is 23.7 Å². The van der Waals surface area contributed by atoms with Crippen molar-refractivity contribution in [2.45, 2.75) is 38.6 Å². The lowest BCUT2D eigenvalue weighted by molar-refractivity contribution is -0.125. The van der Waals surface area contributed by atoms with Crippen molar-refractivity contribution in [2.24, 2.45) is 5.92 Å². The van der Waals surface area contributed by atoms with Crippen molar-refractivity contribution in [1.82, 2.24) is 10.2 Å². The van der Waals surface area contributed by atoms with Crippen LogP contribution in [0.15, 0.2) is 30.3 Å². The van der Waals surface area contributed by atoms with Crippen LogP contribution in [0.25, 0.3) is 0 Å². The van der Waals surface area contributed by atoms with E-state index in [0.717, 1.165) is 55.6 Å². The Morgan fingerprint density at radius 2 is 2.04 bits per heavy atom. The van der Waals surface area contributed by atoms with Crippen molar-refractivity contribution in [3.8, 4) is 0 Å². The maximum Gasteiger partial charge on any atom is 0.263 e. The zero-order valence-corrected chi connectivity index (χ0v) is 16.7. The van der Waals surface area contributed by atoms with Crippen LogP contribution in [0.3, 0.4) is 0 Å². The number of carbonyl (C=O) groups is 2. The first-order valence-corrected chi connectivity index (χ1v) is 10.7. The van der Waals surface area contributed by atoms with Crippen LogP contribution < -0.4 is 5.32 Å². The van der Waals surface area contributed by atoms with Crippen molar-refractivity contribution in [3.05, 3.63) is 56.2 Å². The molecule has 1 aromatic heterocycles. The number of nitrogens with one attached hydrogen (secondary N) is 1. The molecule has 1 atom stereocenters. The van der Waals surface area contributed by atoms with Gasteiger partial charge in [-0.05, 0) is 61.4 Å². The Hall–Kier alpha value is -1.85. The molecule has 4 nitrogen and oxygen atoms in total. The summed E-state index contributed by atoms with van der Waals surface area (Å²) in [5, 5.41) is 3.71. The molecule has 4 rings (SSSR count). The summed E-state index contributed by atoms with van der Waals surface area (Å²) in [6, 6.07) is 9.57. The Morgan fingerprint density at radius 1 is 1.22 bits per heavy atom. The van der Waals surface area contributed by atoms with Gasteiger partial charge in [-0.15, -0.1) is 11.3 Å². The molecule has 2 aliphatic rings. The van der Waals surface area contributed by atoms with E-state index in [2.05, 4.69) is 5.32 Å². The highest BCUT2D eigenvalue weighted by Crippen LogP contribution is 2.33. The van der Waals surface area contributed by atoms with E-state index in [1.165, 1.54) is 10.4 Å². The number of rotatable bonds is 4. The smallest absolute Gasteiger partial charge is 0.263 e. The van der Waals surface area contributed by atoms with E-state index in [0.29, 0.717) is 11.6 Å². The zero-order chi connectivity index (χ0) is 18.8. The molecule has 2 heterocycles. The molecular weight excluding hydrogens is 380 g/mol. The molecule has 1 saturated heterocycles. The molecule has 0 radical (unpaired) electrons. The fraction of sp³-hybridized carbons (Fsp3) is 0.429. The van der Waals surface area contributed by atoms with Crippen molar-refractivity contribution in [2.75, 3.05) is 13.1 Å². The number of halogens is 1. The first kappa shape index (κ1) is 18.5. The summed E-state index contributed by atoms with van der Waals surface area (Å²) in [6.45, 7) is 2.23. The molecule has 142 valence electrons. The van der Waals surface area contributed by atoms with Gasteiger partial charge in [0.15, 0.2) is 0 Å². The number of thiophene rings is 1. The third-order valence-corrected chi connectivity index (χ3v) is 6.87. The van der Waals surface area contributed by atoms with Crippen molar-refractivity contribution in [3.63, 3.8) is 0 Å². The van der Waals surface area contributed by atoms with E-state index in [9.17, 15) is 9.59 Å². The van der Waals surface area contributed by atoms with Crippen molar-refractivity contribution in [1.29, 1.82) is 0 Å². The molecular formula is C21H23ClN2O2S. The Morgan fingerprint density at radius 3 is 2.81 bits per heavy atom. The van der Waals surface area contributed by atoms with Crippen LogP contribution in [0.4, 0.5) is 0 Å². The lowest BCUT2D eigenvalue weighted by Crippen LogP contribution is -2.33. The van der Waals surface area contributed by atoms with E-state index < -0.39 is 0 Å². The minimum absolute atomic E-state index is 0.0268. The van der Waals surface area contributed by atoms with Gasteiger partial charge in [-0.2, -0.15) is 0 Å². The standard InChI is InChI=1S/C21H23ClN2O2S/c22-17-5-3-4-14(10-17)13-23-20(25)15-6-7-18-16(11-15)12-19(27-18)21(26)24-8-1-2-9-24/h3-5,10,12,15H,1-2,6-9,11,13H2,(H,23,25)/t15-/m0/s1. The van der Waals surface area contributed by atoms with Crippen molar-refractivity contribution < 1.29 is 9.59 Å². The van der Waals surface area contributed by atoms with Gasteiger partial charge in [0.25, 0.3) is 5.91 Å². The summed E-state index contributed by atoms with van der Waals surface area (Å²) in [5.74, 6) is 0.217. The quantitative estimate of drug-likeness (QED) is 0.838. The molecule has 1 aromatic carbocycles. The number of aryl methyl sites for hydroxylation is 1. The molecule has 0 spiro atoms. The Bertz CT molecular complexity index is 858. The summed E-state index contributed by atoms with van der Waals surface area (Å²) >= 11 is 7.62. The summed E-state index contributed by atoms with van der Waals surface area (Å²) in [7, 11) is 0.